The van der Waals surface area contributed by atoms with Crippen molar-refractivity contribution in [1.29, 1.82) is 0 Å². The van der Waals surface area contributed by atoms with Crippen molar-refractivity contribution in [2.24, 2.45) is 0 Å². The molecule has 4 aromatic carbocycles. The molecule has 2 N–H and O–H groups in total. The van der Waals surface area contributed by atoms with E-state index in [1.165, 1.54) is 0 Å². The summed E-state index contributed by atoms with van der Waals surface area (Å²) in [6, 6.07) is 29.5. The van der Waals surface area contributed by atoms with Crippen LogP contribution in [0.1, 0.15) is 11.1 Å². The predicted molar refractivity (Wildman–Crippen MR) is 133 cm³/mol. The number of pyridine rings is 1. The second-order valence-corrected chi connectivity index (χ2v) is 7.91. The second-order valence-electron chi connectivity index (χ2n) is 7.91. The summed E-state index contributed by atoms with van der Waals surface area (Å²) in [5.74, 6) is 2.32. The van der Waals surface area contributed by atoms with Crippen molar-refractivity contribution in [1.82, 2.24) is 4.98 Å². The highest BCUT2D eigenvalue weighted by molar-refractivity contribution is 5.85. The molecule has 164 valence electrons. The van der Waals surface area contributed by atoms with Gasteiger partial charge in [-0.15, -0.1) is 0 Å². The Kier molecular flexibility index (Phi) is 5.68. The number of hydrogen-bond acceptors (Lipinski definition) is 4. The zero-order chi connectivity index (χ0) is 22.6. The predicted octanol–water partition coefficient (Wildman–Crippen LogP) is 5.88. The van der Waals surface area contributed by atoms with Gasteiger partial charge in [0.2, 0.25) is 0 Å². The Labute approximate surface area is 191 Å². The van der Waals surface area contributed by atoms with Crippen LogP contribution in [0.5, 0.6) is 11.5 Å². The molecular formula is C28H24N2O3. The fourth-order valence-corrected chi connectivity index (χ4v) is 3.81. The third-order valence-corrected chi connectivity index (χ3v) is 5.60. The Morgan fingerprint density at radius 1 is 0.727 bits per heavy atom. The fourth-order valence-electron chi connectivity index (χ4n) is 3.81. The lowest BCUT2D eigenvalue weighted by Crippen LogP contribution is -2.05. The second kappa shape index (κ2) is 9.09. The van der Waals surface area contributed by atoms with Crippen LogP contribution in [0.2, 0.25) is 0 Å². The van der Waals surface area contributed by atoms with Crippen LogP contribution in [0.15, 0.2) is 95.8 Å². The third kappa shape index (κ3) is 4.67. The van der Waals surface area contributed by atoms with Crippen molar-refractivity contribution in [2.45, 2.75) is 13.2 Å². The fraction of sp³-hybridized carbons (Fsp3) is 0.107. The van der Waals surface area contributed by atoms with Gasteiger partial charge >= 0.3 is 0 Å². The lowest BCUT2D eigenvalue weighted by atomic mass is 10.1. The molecule has 5 rings (SSSR count). The smallest absolute Gasteiger partial charge is 0.191 e. The number of nitrogens with one attached hydrogen (secondary N) is 2. The van der Waals surface area contributed by atoms with Crippen molar-refractivity contribution in [3.63, 3.8) is 0 Å². The summed E-state index contributed by atoms with van der Waals surface area (Å²) in [4.78, 5) is 15.4. The molecule has 0 saturated carbocycles. The molecule has 0 atom stereocenters. The Morgan fingerprint density at radius 3 is 2.06 bits per heavy atom. The van der Waals surface area contributed by atoms with E-state index in [0.717, 1.165) is 38.9 Å². The van der Waals surface area contributed by atoms with E-state index in [-0.39, 0.29) is 5.43 Å². The molecule has 5 nitrogen and oxygen atoms in total. The first kappa shape index (κ1) is 20.6. The zero-order valence-corrected chi connectivity index (χ0v) is 18.3. The first-order valence-corrected chi connectivity index (χ1v) is 10.8. The lowest BCUT2D eigenvalue weighted by molar-refractivity contribution is 0.306. The molecule has 0 radical (unpaired) electrons. The Hall–Kier alpha value is -4.25. The van der Waals surface area contributed by atoms with E-state index in [2.05, 4.69) is 22.4 Å². The Morgan fingerprint density at radius 2 is 1.39 bits per heavy atom. The van der Waals surface area contributed by atoms with Crippen LogP contribution in [0, 0.1) is 0 Å². The first-order chi connectivity index (χ1) is 16.2. The topological polar surface area (TPSA) is 63.4 Å². The minimum atomic E-state index is -0.0118. The maximum absolute atomic E-state index is 12.2. The molecule has 0 bridgehead atoms. The van der Waals surface area contributed by atoms with E-state index in [4.69, 9.17) is 9.47 Å². The quantitative estimate of drug-likeness (QED) is 0.334. The van der Waals surface area contributed by atoms with Gasteiger partial charge in [0, 0.05) is 18.5 Å². The Balaban J connectivity index is 1.28. The molecular weight excluding hydrogens is 412 g/mol. The summed E-state index contributed by atoms with van der Waals surface area (Å²) in [6.07, 6.45) is 0. The average molecular weight is 437 g/mol. The van der Waals surface area contributed by atoms with E-state index in [0.29, 0.717) is 24.4 Å². The van der Waals surface area contributed by atoms with E-state index in [9.17, 15) is 4.79 Å². The number of hydrogen-bond donors (Lipinski definition) is 2. The van der Waals surface area contributed by atoms with E-state index in [1.54, 1.807) is 13.1 Å². The number of fused-ring (bicyclic) bond motifs is 2. The van der Waals surface area contributed by atoms with Gasteiger partial charge in [0.05, 0.1) is 5.52 Å². The van der Waals surface area contributed by atoms with Crippen LogP contribution in [-0.2, 0) is 13.2 Å². The van der Waals surface area contributed by atoms with Crippen LogP contribution < -0.4 is 20.2 Å². The van der Waals surface area contributed by atoms with Gasteiger partial charge in [-0.2, -0.15) is 0 Å². The zero-order valence-electron chi connectivity index (χ0n) is 18.3. The average Bonchev–Trinajstić information content (AvgIpc) is 2.86. The minimum absolute atomic E-state index is 0.0118. The van der Waals surface area contributed by atoms with Gasteiger partial charge in [-0.3, -0.25) is 4.79 Å². The molecule has 0 aliphatic heterocycles. The summed E-state index contributed by atoms with van der Waals surface area (Å²) in [5, 5.41) is 5.82. The van der Waals surface area contributed by atoms with Crippen molar-refractivity contribution >= 4 is 27.5 Å². The summed E-state index contributed by atoms with van der Waals surface area (Å²) in [7, 11) is 1.78. The van der Waals surface area contributed by atoms with Gasteiger partial charge in [-0.05, 0) is 58.3 Å². The van der Waals surface area contributed by atoms with Gasteiger partial charge in [0.25, 0.3) is 0 Å². The normalized spacial score (nSPS) is 10.9. The highest BCUT2D eigenvalue weighted by Crippen LogP contribution is 2.26. The summed E-state index contributed by atoms with van der Waals surface area (Å²) < 4.78 is 12.0. The highest BCUT2D eigenvalue weighted by atomic mass is 16.5. The van der Waals surface area contributed by atoms with Crippen molar-refractivity contribution < 1.29 is 9.47 Å². The molecule has 0 unspecified atom stereocenters. The number of aromatic nitrogens is 1. The van der Waals surface area contributed by atoms with Crippen LogP contribution in [0.4, 0.5) is 5.82 Å². The van der Waals surface area contributed by atoms with Crippen LogP contribution in [0.3, 0.4) is 0 Å². The molecule has 5 heteroatoms. The molecule has 1 heterocycles. The van der Waals surface area contributed by atoms with Crippen LogP contribution in [-0.4, -0.2) is 12.0 Å². The van der Waals surface area contributed by atoms with Gasteiger partial charge in [0.1, 0.15) is 30.5 Å². The molecule has 1 aromatic heterocycles. The third-order valence-electron chi connectivity index (χ3n) is 5.60. The van der Waals surface area contributed by atoms with Gasteiger partial charge in [0.15, 0.2) is 5.43 Å². The van der Waals surface area contributed by atoms with E-state index < -0.39 is 0 Å². The number of benzene rings is 4. The Bertz CT molecular complexity index is 1480. The number of anilines is 1. The molecule has 0 amide bonds. The standard InChI is InChI=1S/C28H24N2O3/c1-29-28-16-27(31)25-12-7-20(13-26(25)30-28)18-33-24-11-9-21-14-23(10-8-22(21)15-24)32-17-19-5-3-2-4-6-19/h2-16H,17-18H2,1H3,(H2,29,30,31). The molecule has 33 heavy (non-hydrogen) atoms. The number of aromatic amines is 1. The van der Waals surface area contributed by atoms with E-state index in [1.807, 2.05) is 72.8 Å². The minimum Gasteiger partial charge on any atom is -0.489 e. The van der Waals surface area contributed by atoms with Crippen molar-refractivity contribution in [3.8, 4) is 11.5 Å². The highest BCUT2D eigenvalue weighted by Gasteiger charge is 2.05. The van der Waals surface area contributed by atoms with E-state index >= 15 is 0 Å². The largest absolute Gasteiger partial charge is 0.489 e. The maximum Gasteiger partial charge on any atom is 0.191 e. The molecule has 0 fully saturated rings. The van der Waals surface area contributed by atoms with Gasteiger partial charge < -0.3 is 19.8 Å². The molecule has 0 saturated heterocycles. The first-order valence-electron chi connectivity index (χ1n) is 10.8. The van der Waals surface area contributed by atoms with Crippen LogP contribution >= 0.6 is 0 Å². The SMILES string of the molecule is CNc1cc(=O)c2ccc(COc3ccc4cc(OCc5ccccc5)ccc4c3)cc2[nH]1. The summed E-state index contributed by atoms with van der Waals surface area (Å²) in [6.45, 7) is 0.950. The molecule has 0 aliphatic carbocycles. The number of ether oxygens (including phenoxy) is 2. The summed E-state index contributed by atoms with van der Waals surface area (Å²) in [5.41, 5.74) is 2.90. The lowest BCUT2D eigenvalue weighted by Gasteiger charge is -2.10. The van der Waals surface area contributed by atoms with Gasteiger partial charge in [-0.1, -0.05) is 48.5 Å². The number of H-pyrrole nitrogens is 1. The molecule has 0 aliphatic rings. The van der Waals surface area contributed by atoms with Crippen molar-refractivity contribution in [2.75, 3.05) is 12.4 Å². The molecule has 5 aromatic rings. The monoisotopic (exact) mass is 436 g/mol. The van der Waals surface area contributed by atoms with Crippen LogP contribution in [0.25, 0.3) is 21.7 Å². The maximum atomic E-state index is 12.2. The van der Waals surface area contributed by atoms with Crippen molar-refractivity contribution in [3.05, 3.63) is 112 Å². The number of rotatable bonds is 7. The summed E-state index contributed by atoms with van der Waals surface area (Å²) >= 11 is 0. The molecule has 0 spiro atoms. The van der Waals surface area contributed by atoms with Gasteiger partial charge in [-0.25, -0.2) is 0 Å².